The van der Waals surface area contributed by atoms with Crippen LogP contribution in [0.25, 0.3) is 0 Å². The normalized spacial score (nSPS) is 15.6. The SMILES string of the molecule is CN=C(NCCc1ccc(OC)c(OC(F)F)c1)NC1CCN(Cc2ccccc2)CC1. The number of methoxy groups -OCH3 is 1. The summed E-state index contributed by atoms with van der Waals surface area (Å²) in [6, 6.07) is 16.0. The smallest absolute Gasteiger partial charge is 0.387 e. The van der Waals surface area contributed by atoms with E-state index in [1.807, 2.05) is 12.1 Å². The number of likely N-dealkylation sites (tertiary alicyclic amines) is 1. The van der Waals surface area contributed by atoms with Gasteiger partial charge in [0.25, 0.3) is 0 Å². The van der Waals surface area contributed by atoms with Gasteiger partial charge in [0.1, 0.15) is 0 Å². The van der Waals surface area contributed by atoms with E-state index >= 15 is 0 Å². The lowest BCUT2D eigenvalue weighted by Gasteiger charge is -2.33. The van der Waals surface area contributed by atoms with Crippen molar-refractivity contribution >= 4 is 5.96 Å². The van der Waals surface area contributed by atoms with E-state index in [4.69, 9.17) is 4.74 Å². The largest absolute Gasteiger partial charge is 0.493 e. The Balaban J connectivity index is 1.42. The summed E-state index contributed by atoms with van der Waals surface area (Å²) in [5, 5.41) is 6.81. The van der Waals surface area contributed by atoms with Crippen molar-refractivity contribution in [1.82, 2.24) is 15.5 Å². The highest BCUT2D eigenvalue weighted by molar-refractivity contribution is 5.79. The average molecular weight is 447 g/mol. The van der Waals surface area contributed by atoms with Crippen LogP contribution in [-0.2, 0) is 13.0 Å². The number of piperidine rings is 1. The first kappa shape index (κ1) is 23.8. The number of hydrogen-bond acceptors (Lipinski definition) is 4. The number of nitrogens with one attached hydrogen (secondary N) is 2. The summed E-state index contributed by atoms with van der Waals surface area (Å²) >= 11 is 0. The molecule has 0 atom stereocenters. The van der Waals surface area contributed by atoms with Crippen LogP contribution in [-0.4, -0.2) is 57.3 Å². The molecular formula is C24H32F2N4O2. The topological polar surface area (TPSA) is 58.1 Å². The molecule has 0 bridgehead atoms. The van der Waals surface area contributed by atoms with Crippen molar-refractivity contribution in [3.8, 4) is 11.5 Å². The van der Waals surface area contributed by atoms with Crippen molar-refractivity contribution < 1.29 is 18.3 Å². The third-order valence-electron chi connectivity index (χ3n) is 5.55. The molecule has 32 heavy (non-hydrogen) atoms. The maximum absolute atomic E-state index is 12.6. The zero-order chi connectivity index (χ0) is 22.8. The molecule has 6 nitrogen and oxygen atoms in total. The number of guanidine groups is 1. The molecule has 8 heteroatoms. The highest BCUT2D eigenvalue weighted by atomic mass is 19.3. The summed E-state index contributed by atoms with van der Waals surface area (Å²) in [5.41, 5.74) is 2.22. The van der Waals surface area contributed by atoms with Crippen LogP contribution in [0.1, 0.15) is 24.0 Å². The van der Waals surface area contributed by atoms with E-state index in [1.165, 1.54) is 12.7 Å². The highest BCUT2D eigenvalue weighted by Crippen LogP contribution is 2.29. The molecule has 0 amide bonds. The number of benzene rings is 2. The molecule has 0 aromatic heterocycles. The maximum Gasteiger partial charge on any atom is 0.387 e. The first-order valence-electron chi connectivity index (χ1n) is 10.9. The molecule has 0 unspecified atom stereocenters. The van der Waals surface area contributed by atoms with Crippen molar-refractivity contribution in [3.63, 3.8) is 0 Å². The fourth-order valence-electron chi connectivity index (χ4n) is 3.85. The van der Waals surface area contributed by atoms with E-state index in [1.54, 1.807) is 19.2 Å². The Morgan fingerprint density at radius 3 is 2.50 bits per heavy atom. The van der Waals surface area contributed by atoms with Gasteiger partial charge in [0.2, 0.25) is 0 Å². The molecule has 0 radical (unpaired) electrons. The summed E-state index contributed by atoms with van der Waals surface area (Å²) in [4.78, 5) is 6.80. The number of ether oxygens (including phenoxy) is 2. The van der Waals surface area contributed by atoms with Gasteiger partial charge in [-0.15, -0.1) is 0 Å². The van der Waals surface area contributed by atoms with Gasteiger partial charge >= 0.3 is 6.61 Å². The molecule has 2 N–H and O–H groups in total. The number of nitrogens with zero attached hydrogens (tertiary/aromatic N) is 2. The summed E-state index contributed by atoms with van der Waals surface area (Å²) in [5.74, 6) is 1.09. The van der Waals surface area contributed by atoms with Gasteiger partial charge in [-0.3, -0.25) is 9.89 Å². The van der Waals surface area contributed by atoms with Crippen molar-refractivity contribution in [2.24, 2.45) is 4.99 Å². The predicted octanol–water partition coefficient (Wildman–Crippen LogP) is 3.67. The van der Waals surface area contributed by atoms with Gasteiger partial charge in [0, 0.05) is 39.3 Å². The zero-order valence-electron chi connectivity index (χ0n) is 18.7. The van der Waals surface area contributed by atoms with Gasteiger partial charge in [-0.2, -0.15) is 8.78 Å². The standard InChI is InChI=1S/C24H32F2N4O2/c1-27-24(28-13-10-18-8-9-21(31-2)22(16-18)32-23(25)26)29-20-11-14-30(15-12-20)17-19-6-4-3-5-7-19/h3-9,16,20,23H,10-15,17H2,1-2H3,(H2,27,28,29). The first-order chi connectivity index (χ1) is 15.6. The molecule has 0 saturated carbocycles. The lowest BCUT2D eigenvalue weighted by atomic mass is 10.0. The first-order valence-corrected chi connectivity index (χ1v) is 10.9. The summed E-state index contributed by atoms with van der Waals surface area (Å²) < 4.78 is 34.9. The lowest BCUT2D eigenvalue weighted by molar-refractivity contribution is -0.0512. The molecule has 0 aliphatic carbocycles. The third-order valence-corrected chi connectivity index (χ3v) is 5.55. The molecular weight excluding hydrogens is 414 g/mol. The maximum atomic E-state index is 12.6. The van der Waals surface area contributed by atoms with E-state index in [9.17, 15) is 8.78 Å². The van der Waals surface area contributed by atoms with Gasteiger partial charge in [0.15, 0.2) is 17.5 Å². The van der Waals surface area contributed by atoms with Crippen LogP contribution in [0.3, 0.4) is 0 Å². The number of halogens is 2. The number of alkyl halides is 2. The molecule has 1 heterocycles. The second-order valence-electron chi connectivity index (χ2n) is 7.79. The van der Waals surface area contributed by atoms with Crippen LogP contribution in [0, 0.1) is 0 Å². The quantitative estimate of drug-likeness (QED) is 0.455. The Bertz CT molecular complexity index is 856. The Morgan fingerprint density at radius 1 is 1.09 bits per heavy atom. The predicted molar refractivity (Wildman–Crippen MR) is 123 cm³/mol. The molecule has 0 spiro atoms. The van der Waals surface area contributed by atoms with Crippen LogP contribution >= 0.6 is 0 Å². The van der Waals surface area contributed by atoms with Gasteiger partial charge in [-0.05, 0) is 42.5 Å². The molecule has 2 aromatic rings. The van der Waals surface area contributed by atoms with E-state index in [0.29, 0.717) is 19.0 Å². The highest BCUT2D eigenvalue weighted by Gasteiger charge is 2.20. The minimum Gasteiger partial charge on any atom is -0.493 e. The Labute approximate surface area is 188 Å². The fraction of sp³-hybridized carbons (Fsp3) is 0.458. The van der Waals surface area contributed by atoms with Gasteiger partial charge in [-0.25, -0.2) is 0 Å². The van der Waals surface area contributed by atoms with Crippen LogP contribution in [0.15, 0.2) is 53.5 Å². The molecule has 1 saturated heterocycles. The summed E-state index contributed by atoms with van der Waals surface area (Å²) in [7, 11) is 3.18. The van der Waals surface area contributed by atoms with Gasteiger partial charge < -0.3 is 20.1 Å². The molecule has 1 aliphatic rings. The van der Waals surface area contributed by atoms with Crippen LogP contribution in [0.4, 0.5) is 8.78 Å². The van der Waals surface area contributed by atoms with E-state index in [0.717, 1.165) is 44.0 Å². The number of aliphatic imine (C=N–C) groups is 1. The van der Waals surface area contributed by atoms with Crippen LogP contribution in [0.5, 0.6) is 11.5 Å². The lowest BCUT2D eigenvalue weighted by Crippen LogP contribution is -2.48. The second-order valence-corrected chi connectivity index (χ2v) is 7.79. The van der Waals surface area contributed by atoms with E-state index in [2.05, 4.69) is 49.5 Å². The monoisotopic (exact) mass is 446 g/mol. The van der Waals surface area contributed by atoms with Gasteiger partial charge in [0.05, 0.1) is 7.11 Å². The molecule has 174 valence electrons. The summed E-state index contributed by atoms with van der Waals surface area (Å²) in [6.07, 6.45) is 2.75. The molecule has 1 aliphatic heterocycles. The Morgan fingerprint density at radius 2 is 1.84 bits per heavy atom. The van der Waals surface area contributed by atoms with E-state index in [-0.39, 0.29) is 11.5 Å². The molecule has 2 aromatic carbocycles. The van der Waals surface area contributed by atoms with Crippen molar-refractivity contribution in [2.75, 3.05) is 33.8 Å². The second kappa shape index (κ2) is 12.2. The minimum absolute atomic E-state index is 0.0461. The third kappa shape index (κ3) is 7.37. The van der Waals surface area contributed by atoms with Crippen molar-refractivity contribution in [3.05, 3.63) is 59.7 Å². The minimum atomic E-state index is -2.89. The Hall–Kier alpha value is -2.87. The molecule has 3 rings (SSSR count). The van der Waals surface area contributed by atoms with Crippen LogP contribution < -0.4 is 20.1 Å². The molecule has 1 fully saturated rings. The fourth-order valence-corrected chi connectivity index (χ4v) is 3.85. The number of rotatable bonds is 9. The van der Waals surface area contributed by atoms with Crippen molar-refractivity contribution in [2.45, 2.75) is 38.5 Å². The van der Waals surface area contributed by atoms with Gasteiger partial charge in [-0.1, -0.05) is 36.4 Å². The zero-order valence-corrected chi connectivity index (χ0v) is 18.7. The average Bonchev–Trinajstić information content (AvgIpc) is 2.80. The number of hydrogen-bond donors (Lipinski definition) is 2. The summed E-state index contributed by atoms with van der Waals surface area (Å²) in [6.45, 7) is 0.802. The van der Waals surface area contributed by atoms with Crippen LogP contribution in [0.2, 0.25) is 0 Å². The van der Waals surface area contributed by atoms with Crippen molar-refractivity contribution in [1.29, 1.82) is 0 Å². The Kier molecular flexibility index (Phi) is 9.10. The van der Waals surface area contributed by atoms with E-state index < -0.39 is 6.61 Å².